The summed E-state index contributed by atoms with van der Waals surface area (Å²) in [6.45, 7) is 17.7. The fraction of sp³-hybridized carbons (Fsp3) is 0.258. The van der Waals surface area contributed by atoms with Gasteiger partial charge in [-0.1, -0.05) is 224 Å². The second-order valence-corrected chi connectivity index (χ2v) is 36.7. The van der Waals surface area contributed by atoms with Crippen molar-refractivity contribution >= 4 is 75.7 Å². The number of benzene rings is 14. The van der Waals surface area contributed by atoms with Gasteiger partial charge in [0, 0.05) is 60.1 Å². The minimum atomic E-state index is -0.253. The number of unbranched alkanes of at least 4 members (excludes halogenated alkanes) is 2. The Kier molecular flexibility index (Phi) is 46.7. The van der Waals surface area contributed by atoms with Crippen molar-refractivity contribution < 1.29 is 76.3 Å². The van der Waals surface area contributed by atoms with E-state index < -0.39 is 0 Å². The Hall–Kier alpha value is -16.5. The molecule has 0 aliphatic carbocycles. The van der Waals surface area contributed by atoms with Crippen LogP contribution in [0.4, 0.5) is 28.4 Å². The van der Waals surface area contributed by atoms with Gasteiger partial charge in [-0.15, -0.1) is 0 Å². The number of carbonyl (C=O) groups excluding carboxylic acids is 8. The Morgan fingerprint density at radius 3 is 1.11 bits per heavy atom. The number of rotatable bonds is 50. The number of carbonyl (C=O) groups is 8. The van der Waals surface area contributed by atoms with Crippen molar-refractivity contribution in [3.63, 3.8) is 0 Å². The van der Waals surface area contributed by atoms with Crippen molar-refractivity contribution in [1.82, 2.24) is 26.6 Å². The standard InChI is InChI=1S/C35H38N2O3.C31H30N2O5.C29H42N4O3.C29H26N2O5/c1-3-5-8-26-12-16-29(17-13-26)34(38)36-25-28-10-7-11-33(24-28)40-32-22-20-31(21-23-32)37-35(39)30-18-14-27(15-19-30)9-6-4-2;34-30(22-36-20-24-8-3-1-4-9-24)32-19-26-12-7-13-29(18-26)38-28-16-14-27(15-17-28)33-31(35)23-37-21-25-10-5-2-6-11-25;1-21(2)14-16-30-19-27(34)32-24-10-12-25(13-11-24)36-26-9-5-7-23-8-6-18-33(29(23)26)28(35)20-31-17-15-22(3)4;32-28(20-34-24-9-3-1-4-10-24)30-19-22-8-7-13-27(18-22)36-26-16-14-23(15-17-26)31-29(33)21-35-25-11-5-2-6-12-25/h7,10-24H,3-6,8-9,25H2,1-2H3,(H,36,38)(H,37,39);1-18H,19-23H2,(H,32,34)(H,33,35);5,7,9-13,21-22,30-31H,6,8,14-20H2,1-4H3,(H,32,34);1-18H,19-21H2,(H,30,32)(H,31,33). The molecule has 14 aromatic rings. The average molecular weight is 2020 g/mol. The summed E-state index contributed by atoms with van der Waals surface area (Å²) in [7, 11) is 0. The molecule has 26 heteroatoms. The molecule has 1 heterocycles. The Labute approximate surface area is 880 Å². The number of aryl methyl sites for hydroxylation is 3. The fourth-order valence-electron chi connectivity index (χ4n) is 15.3. The molecule has 0 aromatic heterocycles. The maximum absolute atomic E-state index is 13.0. The van der Waals surface area contributed by atoms with Crippen LogP contribution in [-0.2, 0) is 90.4 Å². The number of amides is 8. The minimum Gasteiger partial charge on any atom is -0.484 e. The van der Waals surface area contributed by atoms with Gasteiger partial charge in [-0.25, -0.2) is 0 Å². The molecule has 150 heavy (non-hydrogen) atoms. The SMILES string of the molecule is CC(C)CCNCC(=O)Nc1ccc(Oc2cccc3c2N(C(=O)CNCCC(C)C)CCC3)cc1.CCCCc1ccc(C(=O)NCc2cccc(Oc3ccc(NC(=O)c4ccc(CCCC)cc4)cc3)c2)cc1.O=C(COCc1ccccc1)NCc1cccc(Oc2ccc(NC(=O)COCc3ccccc3)cc2)c1.O=C(COc1ccccc1)NCc1cccc(Oc2ccc(NC(=O)COc3ccccc3)cc2)c1. The van der Waals surface area contributed by atoms with E-state index in [1.54, 1.807) is 72.8 Å². The molecule has 0 bridgehead atoms. The van der Waals surface area contributed by atoms with Gasteiger partial charge in [-0.2, -0.15) is 0 Å². The van der Waals surface area contributed by atoms with Crippen LogP contribution in [0.15, 0.2) is 358 Å². The largest absolute Gasteiger partial charge is 0.484 e. The van der Waals surface area contributed by atoms with Crippen molar-refractivity contribution in [3.05, 3.63) is 414 Å². The third kappa shape index (κ3) is 41.4. The summed E-state index contributed by atoms with van der Waals surface area (Å²) in [6, 6.07) is 111. The minimum absolute atomic E-state index is 0.00682. The highest BCUT2D eigenvalue weighted by atomic mass is 16.5. The number of fused-ring (bicyclic) bond motifs is 1. The van der Waals surface area contributed by atoms with E-state index in [1.807, 2.05) is 284 Å². The van der Waals surface area contributed by atoms with E-state index in [0.29, 0.717) is 143 Å². The molecule has 0 radical (unpaired) electrons. The van der Waals surface area contributed by atoms with Crippen LogP contribution in [0.1, 0.15) is 152 Å². The first-order valence-corrected chi connectivity index (χ1v) is 51.2. The number of nitrogens with zero attached hydrogens (tertiary/aromatic N) is 1. The van der Waals surface area contributed by atoms with Gasteiger partial charge in [-0.05, 0) is 309 Å². The summed E-state index contributed by atoms with van der Waals surface area (Å²) >= 11 is 0. The van der Waals surface area contributed by atoms with Gasteiger partial charge >= 0.3 is 0 Å². The number of nitrogens with one attached hydrogen (secondary N) is 9. The summed E-state index contributed by atoms with van der Waals surface area (Å²) in [5, 5.41) is 26.6. The van der Waals surface area contributed by atoms with Crippen LogP contribution in [0.2, 0.25) is 0 Å². The van der Waals surface area contributed by atoms with Crippen LogP contribution in [0.5, 0.6) is 57.5 Å². The molecule has 0 saturated carbocycles. The van der Waals surface area contributed by atoms with Gasteiger partial charge in [-0.3, -0.25) is 38.4 Å². The molecule has 14 aromatic carbocycles. The summed E-state index contributed by atoms with van der Waals surface area (Å²) < 4.78 is 46.0. The topological polar surface area (TPSA) is 322 Å². The third-order valence-corrected chi connectivity index (χ3v) is 23.4. The molecule has 0 atom stereocenters. The Morgan fingerprint density at radius 1 is 0.313 bits per heavy atom. The molecule has 0 unspecified atom stereocenters. The van der Waals surface area contributed by atoms with Crippen LogP contribution in [0, 0.1) is 11.8 Å². The summed E-state index contributed by atoms with van der Waals surface area (Å²) in [5.74, 6) is 6.56. The van der Waals surface area contributed by atoms with Crippen molar-refractivity contribution in [3.8, 4) is 57.5 Å². The Bertz CT molecular complexity index is 6490. The van der Waals surface area contributed by atoms with Gasteiger partial charge in [0.05, 0.1) is 32.0 Å². The third-order valence-electron chi connectivity index (χ3n) is 23.4. The van der Waals surface area contributed by atoms with Gasteiger partial charge < -0.3 is 90.6 Å². The first-order valence-electron chi connectivity index (χ1n) is 51.2. The van der Waals surface area contributed by atoms with Gasteiger partial charge in [0.1, 0.15) is 65.0 Å². The van der Waals surface area contributed by atoms with E-state index in [0.717, 1.165) is 122 Å². The summed E-state index contributed by atoms with van der Waals surface area (Å²) in [4.78, 5) is 101. The van der Waals surface area contributed by atoms with E-state index in [9.17, 15) is 38.4 Å². The van der Waals surface area contributed by atoms with Crippen LogP contribution in [0.3, 0.4) is 0 Å². The van der Waals surface area contributed by atoms with E-state index in [-0.39, 0.29) is 80.2 Å². The zero-order valence-corrected chi connectivity index (χ0v) is 86.2. The first kappa shape index (κ1) is 112. The molecule has 26 nitrogen and oxygen atoms in total. The molecule has 8 amide bonds. The molecule has 0 saturated heterocycles. The van der Waals surface area contributed by atoms with E-state index in [2.05, 4.69) is 95.5 Å². The van der Waals surface area contributed by atoms with E-state index in [1.165, 1.54) is 11.1 Å². The Balaban J connectivity index is 0.000000177. The molecular weight excluding hydrogens is 1890 g/mol. The molecule has 15 rings (SSSR count). The molecule has 9 N–H and O–H groups in total. The lowest BCUT2D eigenvalue weighted by atomic mass is 10.0. The highest BCUT2D eigenvalue weighted by Crippen LogP contribution is 2.40. The van der Waals surface area contributed by atoms with Crippen LogP contribution < -0.4 is 81.2 Å². The molecule has 778 valence electrons. The molecular formula is C124H136N10O16. The fourth-order valence-corrected chi connectivity index (χ4v) is 15.3. The van der Waals surface area contributed by atoms with Gasteiger partial charge in [0.15, 0.2) is 19.0 Å². The van der Waals surface area contributed by atoms with Crippen molar-refractivity contribution in [1.29, 1.82) is 0 Å². The highest BCUT2D eigenvalue weighted by Gasteiger charge is 2.27. The zero-order chi connectivity index (χ0) is 105. The molecule has 1 aliphatic heterocycles. The highest BCUT2D eigenvalue weighted by molar-refractivity contribution is 6.04. The molecule has 0 fully saturated rings. The lowest BCUT2D eigenvalue weighted by molar-refractivity contribution is -0.126. The normalized spacial score (nSPS) is 11.1. The quantitative estimate of drug-likeness (QED) is 0.0160. The lowest BCUT2D eigenvalue weighted by Gasteiger charge is -2.31. The maximum atomic E-state index is 13.0. The van der Waals surface area contributed by atoms with Crippen molar-refractivity contribution in [2.45, 2.75) is 139 Å². The summed E-state index contributed by atoms with van der Waals surface area (Å²) in [5.41, 5.74) is 13.3. The second-order valence-electron chi connectivity index (χ2n) is 36.7. The second kappa shape index (κ2) is 62.5. The number of hydrogen-bond donors (Lipinski definition) is 9. The van der Waals surface area contributed by atoms with E-state index in [4.69, 9.17) is 37.9 Å². The first-order chi connectivity index (χ1) is 73.1. The predicted octanol–water partition coefficient (Wildman–Crippen LogP) is 24.0. The van der Waals surface area contributed by atoms with Gasteiger partial charge in [0.25, 0.3) is 23.6 Å². The average Bonchev–Trinajstić information content (AvgIpc) is 0.785. The number of para-hydroxylation sites is 3. The number of ether oxygens (including phenoxy) is 8. The Morgan fingerprint density at radius 2 is 0.673 bits per heavy atom. The summed E-state index contributed by atoms with van der Waals surface area (Å²) in [6.07, 6.45) is 10.6. The maximum Gasteiger partial charge on any atom is 0.262 e. The predicted molar refractivity (Wildman–Crippen MR) is 592 cm³/mol. The molecule has 1 aliphatic rings. The monoisotopic (exact) mass is 2020 g/mol. The number of anilines is 5. The van der Waals surface area contributed by atoms with Crippen LogP contribution >= 0.6 is 0 Å². The molecule has 0 spiro atoms. The van der Waals surface area contributed by atoms with Crippen LogP contribution in [-0.4, -0.2) is 106 Å². The zero-order valence-electron chi connectivity index (χ0n) is 86.2. The van der Waals surface area contributed by atoms with E-state index >= 15 is 0 Å². The van der Waals surface area contributed by atoms with Crippen LogP contribution in [0.25, 0.3) is 0 Å². The van der Waals surface area contributed by atoms with Crippen molar-refractivity contribution in [2.24, 2.45) is 11.8 Å². The van der Waals surface area contributed by atoms with Gasteiger partial charge in [0.2, 0.25) is 23.6 Å². The number of hydrogen-bond acceptors (Lipinski definition) is 18. The lowest BCUT2D eigenvalue weighted by Crippen LogP contribution is -2.41. The smallest absolute Gasteiger partial charge is 0.262 e. The van der Waals surface area contributed by atoms with Crippen molar-refractivity contribution in [2.75, 3.05) is 85.3 Å².